The first kappa shape index (κ1) is 10.3. The van der Waals surface area contributed by atoms with Crippen LogP contribution >= 0.6 is 0 Å². The van der Waals surface area contributed by atoms with Crippen LogP contribution in [0.3, 0.4) is 0 Å². The second kappa shape index (κ2) is 4.42. The third-order valence-electron chi connectivity index (χ3n) is 1.38. The average molecular weight is 206 g/mol. The zero-order valence-electron chi connectivity index (χ0n) is 6.58. The maximum Gasteiger partial charge on any atom is 0.256 e. The Bertz CT molecular complexity index is 293. The first-order chi connectivity index (χ1) is 6.09. The van der Waals surface area contributed by atoms with E-state index in [-0.39, 0.29) is 0 Å². The molecular formula is C7H8F2O3Si. The Morgan fingerprint density at radius 3 is 2.46 bits per heavy atom. The van der Waals surface area contributed by atoms with Crippen molar-refractivity contribution < 1.29 is 23.4 Å². The summed E-state index contributed by atoms with van der Waals surface area (Å²) in [5, 5.41) is 17.1. The van der Waals surface area contributed by atoms with Gasteiger partial charge in [-0.1, -0.05) is 6.07 Å². The molecule has 0 heterocycles. The molecule has 1 rings (SSSR count). The molecule has 2 N–H and O–H groups in total. The van der Waals surface area contributed by atoms with Crippen LogP contribution in [0.15, 0.2) is 18.2 Å². The van der Waals surface area contributed by atoms with Crippen LogP contribution in [0.2, 0.25) is 0 Å². The Labute approximate surface area is 75.5 Å². The molecule has 72 valence electrons. The number of hydrogen-bond donors (Lipinski definition) is 2. The lowest BCUT2D eigenvalue weighted by molar-refractivity contribution is -0.179. The maximum atomic E-state index is 12.6. The SMILES string of the molecule is OC(O)O[SiH2]c1ccc(F)c(F)c1. The molecule has 0 saturated heterocycles. The molecule has 6 heteroatoms. The Morgan fingerprint density at radius 2 is 1.92 bits per heavy atom. The summed E-state index contributed by atoms with van der Waals surface area (Å²) in [5.41, 5.74) is 0. The highest BCUT2D eigenvalue weighted by Gasteiger charge is 2.04. The Balaban J connectivity index is 2.63. The largest absolute Gasteiger partial charge is 0.373 e. The van der Waals surface area contributed by atoms with Crippen LogP contribution in [0.25, 0.3) is 0 Å². The van der Waals surface area contributed by atoms with Gasteiger partial charge in [-0.2, -0.15) is 0 Å². The smallest absolute Gasteiger partial charge is 0.256 e. The summed E-state index contributed by atoms with van der Waals surface area (Å²) in [6.07, 6.45) is 0. The highest BCUT2D eigenvalue weighted by atomic mass is 28.2. The van der Waals surface area contributed by atoms with Gasteiger partial charge in [0.25, 0.3) is 6.48 Å². The van der Waals surface area contributed by atoms with Crippen LogP contribution in [0.5, 0.6) is 0 Å². The van der Waals surface area contributed by atoms with E-state index in [1.807, 2.05) is 0 Å². The van der Waals surface area contributed by atoms with Crippen LogP contribution in [0.4, 0.5) is 8.78 Å². The lowest BCUT2D eigenvalue weighted by atomic mass is 10.3. The van der Waals surface area contributed by atoms with Gasteiger partial charge in [0, 0.05) is 0 Å². The number of hydrogen-bond acceptors (Lipinski definition) is 3. The summed E-state index contributed by atoms with van der Waals surface area (Å²) in [6, 6.07) is 3.32. The van der Waals surface area contributed by atoms with E-state index < -0.39 is 27.9 Å². The quantitative estimate of drug-likeness (QED) is 0.490. The predicted octanol–water partition coefficient (Wildman–Crippen LogP) is -1.04. The maximum absolute atomic E-state index is 12.6. The molecule has 0 aliphatic heterocycles. The molecule has 0 spiro atoms. The fourth-order valence-electron chi connectivity index (χ4n) is 0.800. The van der Waals surface area contributed by atoms with Gasteiger partial charge < -0.3 is 14.6 Å². The minimum Gasteiger partial charge on any atom is -0.373 e. The lowest BCUT2D eigenvalue weighted by Gasteiger charge is -2.05. The number of halogens is 2. The third-order valence-corrected chi connectivity index (χ3v) is 2.62. The molecule has 0 radical (unpaired) electrons. The molecule has 0 unspecified atom stereocenters. The second-order valence-corrected chi connectivity index (χ2v) is 3.82. The van der Waals surface area contributed by atoms with Gasteiger partial charge in [0.2, 0.25) is 0 Å². The monoisotopic (exact) mass is 206 g/mol. The standard InChI is InChI=1S/C7H8F2O3Si/c8-5-2-1-4(3-6(5)9)13-12-7(10)11/h1-3,7,10-11H,13H2. The van der Waals surface area contributed by atoms with Crippen LogP contribution < -0.4 is 5.19 Å². The van der Waals surface area contributed by atoms with Gasteiger partial charge in [0.05, 0.1) is 0 Å². The van der Waals surface area contributed by atoms with Gasteiger partial charge in [0.15, 0.2) is 21.4 Å². The summed E-state index contributed by atoms with van der Waals surface area (Å²) in [6.45, 7) is -1.85. The van der Waals surface area contributed by atoms with Crippen molar-refractivity contribution in [3.63, 3.8) is 0 Å². The Morgan fingerprint density at radius 1 is 1.23 bits per heavy atom. The first-order valence-corrected chi connectivity index (χ1v) is 4.79. The van der Waals surface area contributed by atoms with Gasteiger partial charge >= 0.3 is 0 Å². The van der Waals surface area contributed by atoms with Crippen LogP contribution in [0.1, 0.15) is 0 Å². The van der Waals surface area contributed by atoms with Crippen molar-refractivity contribution in [2.45, 2.75) is 6.48 Å². The fraction of sp³-hybridized carbons (Fsp3) is 0.143. The molecule has 0 aliphatic carbocycles. The van der Waals surface area contributed by atoms with Crippen LogP contribution in [0, 0.1) is 11.6 Å². The zero-order valence-corrected chi connectivity index (χ0v) is 7.99. The van der Waals surface area contributed by atoms with Crippen molar-refractivity contribution in [2.24, 2.45) is 0 Å². The van der Waals surface area contributed by atoms with E-state index in [0.717, 1.165) is 12.1 Å². The van der Waals surface area contributed by atoms with Crippen molar-refractivity contribution in [1.82, 2.24) is 0 Å². The van der Waals surface area contributed by atoms with Gasteiger partial charge in [-0.05, 0) is 17.3 Å². The Kier molecular flexibility index (Phi) is 3.49. The lowest BCUT2D eigenvalue weighted by Crippen LogP contribution is -2.24. The van der Waals surface area contributed by atoms with E-state index >= 15 is 0 Å². The zero-order chi connectivity index (χ0) is 9.84. The van der Waals surface area contributed by atoms with E-state index in [4.69, 9.17) is 10.2 Å². The number of rotatable bonds is 3. The summed E-state index contributed by atoms with van der Waals surface area (Å²) in [5.74, 6) is -1.89. The summed E-state index contributed by atoms with van der Waals surface area (Å²) < 4.78 is 29.5. The fourth-order valence-corrected chi connectivity index (χ4v) is 1.62. The molecule has 3 nitrogen and oxygen atoms in total. The number of aliphatic hydroxyl groups is 2. The van der Waals surface area contributed by atoms with Crippen molar-refractivity contribution in [2.75, 3.05) is 0 Å². The van der Waals surface area contributed by atoms with Gasteiger partial charge in [0.1, 0.15) is 0 Å². The topological polar surface area (TPSA) is 49.7 Å². The molecule has 0 bridgehead atoms. The molecule has 0 amide bonds. The van der Waals surface area contributed by atoms with E-state index in [1.54, 1.807) is 0 Å². The minimum absolute atomic E-state index is 0.465. The van der Waals surface area contributed by atoms with E-state index in [2.05, 4.69) is 4.43 Å². The molecule has 0 aliphatic rings. The van der Waals surface area contributed by atoms with Gasteiger partial charge in [-0.3, -0.25) is 0 Å². The normalized spacial score (nSPS) is 11.8. The summed E-state index contributed by atoms with van der Waals surface area (Å²) in [4.78, 5) is 0. The van der Waals surface area contributed by atoms with E-state index in [1.165, 1.54) is 6.07 Å². The first-order valence-electron chi connectivity index (χ1n) is 3.51. The summed E-state index contributed by atoms with van der Waals surface area (Å²) >= 11 is 0. The van der Waals surface area contributed by atoms with E-state index in [0.29, 0.717) is 5.19 Å². The molecule has 0 atom stereocenters. The molecule has 0 fully saturated rings. The van der Waals surface area contributed by atoms with Gasteiger partial charge in [-0.25, -0.2) is 8.78 Å². The van der Waals surface area contributed by atoms with Crippen LogP contribution in [-0.2, 0) is 4.43 Å². The van der Waals surface area contributed by atoms with Crippen molar-refractivity contribution in [1.29, 1.82) is 0 Å². The molecule has 13 heavy (non-hydrogen) atoms. The number of benzene rings is 1. The third kappa shape index (κ3) is 3.19. The van der Waals surface area contributed by atoms with Crippen molar-refractivity contribution in [3.8, 4) is 0 Å². The molecule has 1 aromatic rings. The molecular weight excluding hydrogens is 198 g/mol. The second-order valence-electron chi connectivity index (χ2n) is 2.39. The minimum atomic E-state index is -1.85. The van der Waals surface area contributed by atoms with Crippen molar-refractivity contribution in [3.05, 3.63) is 29.8 Å². The average Bonchev–Trinajstić information content (AvgIpc) is 2.07. The van der Waals surface area contributed by atoms with Crippen molar-refractivity contribution >= 4 is 14.9 Å². The van der Waals surface area contributed by atoms with E-state index in [9.17, 15) is 8.78 Å². The van der Waals surface area contributed by atoms with Gasteiger partial charge in [-0.15, -0.1) is 0 Å². The summed E-state index contributed by atoms with van der Waals surface area (Å²) in [7, 11) is -1.40. The molecule has 0 aromatic heterocycles. The molecule has 0 saturated carbocycles. The van der Waals surface area contributed by atoms with Crippen LogP contribution in [-0.4, -0.2) is 26.5 Å². The predicted molar refractivity (Wildman–Crippen MR) is 43.8 cm³/mol. The number of aliphatic hydroxyl groups excluding tert-OH is 1. The highest BCUT2D eigenvalue weighted by Crippen LogP contribution is 2.01. The highest BCUT2D eigenvalue weighted by molar-refractivity contribution is 6.46. The Hall–Kier alpha value is -0.823. The molecule has 1 aromatic carbocycles.